The maximum Gasteiger partial charge on any atom is 0.123 e. The highest BCUT2D eigenvalue weighted by Gasteiger charge is 2.12. The zero-order chi connectivity index (χ0) is 14.5. The molecule has 0 bridgehead atoms. The Kier molecular flexibility index (Phi) is 5.88. The van der Waals surface area contributed by atoms with E-state index in [9.17, 15) is 4.39 Å². The second kappa shape index (κ2) is 7.44. The van der Waals surface area contributed by atoms with E-state index in [1.165, 1.54) is 17.7 Å². The van der Waals surface area contributed by atoms with Crippen molar-refractivity contribution in [2.45, 2.75) is 12.8 Å². The fraction of sp³-hybridized carbons (Fsp3) is 0.250. The maximum atomic E-state index is 13.3. The van der Waals surface area contributed by atoms with E-state index in [1.807, 2.05) is 18.2 Å². The largest absolute Gasteiger partial charge is 0.207 e. The molecule has 0 saturated heterocycles. The van der Waals surface area contributed by atoms with E-state index in [-0.39, 0.29) is 5.82 Å². The van der Waals surface area contributed by atoms with Crippen molar-refractivity contribution in [3.8, 4) is 0 Å². The monoisotopic (exact) mass is 374 g/mol. The number of benzene rings is 2. The van der Waals surface area contributed by atoms with Crippen LogP contribution >= 0.6 is 39.1 Å². The number of rotatable bonds is 5. The third-order valence-corrected chi connectivity index (χ3v) is 4.67. The Labute approximate surface area is 137 Å². The van der Waals surface area contributed by atoms with Crippen LogP contribution in [0.15, 0.2) is 42.5 Å². The van der Waals surface area contributed by atoms with Gasteiger partial charge in [0, 0.05) is 15.4 Å². The van der Waals surface area contributed by atoms with Gasteiger partial charge in [0.1, 0.15) is 5.82 Å². The van der Waals surface area contributed by atoms with E-state index in [4.69, 9.17) is 23.2 Å². The van der Waals surface area contributed by atoms with Gasteiger partial charge in [-0.3, -0.25) is 0 Å². The highest BCUT2D eigenvalue weighted by molar-refractivity contribution is 9.09. The number of hydrogen-bond acceptors (Lipinski definition) is 0. The van der Waals surface area contributed by atoms with E-state index in [0.717, 1.165) is 28.8 Å². The van der Waals surface area contributed by atoms with Crippen LogP contribution in [0.2, 0.25) is 10.0 Å². The zero-order valence-electron chi connectivity index (χ0n) is 10.8. The van der Waals surface area contributed by atoms with Crippen LogP contribution in [0.3, 0.4) is 0 Å². The van der Waals surface area contributed by atoms with Gasteiger partial charge in [0.05, 0.1) is 0 Å². The molecule has 0 heterocycles. The Bertz CT molecular complexity index is 586. The summed E-state index contributed by atoms with van der Waals surface area (Å²) in [7, 11) is 0. The molecule has 2 aromatic rings. The molecule has 0 spiro atoms. The summed E-state index contributed by atoms with van der Waals surface area (Å²) in [5.74, 6) is 0.0910. The topological polar surface area (TPSA) is 0 Å². The van der Waals surface area contributed by atoms with E-state index in [1.54, 1.807) is 6.07 Å². The molecule has 0 aliphatic carbocycles. The number of alkyl halides is 1. The van der Waals surface area contributed by atoms with Crippen molar-refractivity contribution in [1.29, 1.82) is 0 Å². The first-order valence-electron chi connectivity index (χ1n) is 6.33. The highest BCUT2D eigenvalue weighted by atomic mass is 79.9. The molecule has 0 aromatic heterocycles. The molecule has 0 aliphatic heterocycles. The van der Waals surface area contributed by atoms with Gasteiger partial charge < -0.3 is 0 Å². The minimum atomic E-state index is -0.250. The van der Waals surface area contributed by atoms with Crippen LogP contribution in [0.5, 0.6) is 0 Å². The molecule has 2 rings (SSSR count). The molecule has 0 aliphatic rings. The van der Waals surface area contributed by atoms with E-state index in [0.29, 0.717) is 10.9 Å². The minimum Gasteiger partial charge on any atom is -0.207 e. The van der Waals surface area contributed by atoms with Gasteiger partial charge in [-0.25, -0.2) is 4.39 Å². The molecule has 20 heavy (non-hydrogen) atoms. The van der Waals surface area contributed by atoms with Crippen LogP contribution in [0, 0.1) is 11.7 Å². The maximum absolute atomic E-state index is 13.3. The van der Waals surface area contributed by atoms with Crippen LogP contribution in [-0.2, 0) is 12.8 Å². The average Bonchev–Trinajstić information content (AvgIpc) is 2.42. The molecular formula is C16H14BrCl2F. The van der Waals surface area contributed by atoms with Gasteiger partial charge in [-0.1, -0.05) is 51.3 Å². The van der Waals surface area contributed by atoms with Crippen molar-refractivity contribution < 1.29 is 4.39 Å². The summed E-state index contributed by atoms with van der Waals surface area (Å²) in [5, 5.41) is 2.18. The zero-order valence-corrected chi connectivity index (χ0v) is 13.8. The lowest BCUT2D eigenvalue weighted by Gasteiger charge is -2.15. The molecule has 0 N–H and O–H groups in total. The minimum absolute atomic E-state index is 0.250. The summed E-state index contributed by atoms with van der Waals surface area (Å²) in [6.07, 6.45) is 1.60. The smallest absolute Gasteiger partial charge is 0.123 e. The van der Waals surface area contributed by atoms with Crippen molar-refractivity contribution >= 4 is 39.1 Å². The lowest BCUT2D eigenvalue weighted by molar-refractivity contribution is 0.582. The second-order valence-corrected chi connectivity index (χ2v) is 6.29. The third kappa shape index (κ3) is 4.47. The third-order valence-electron chi connectivity index (χ3n) is 3.15. The second-order valence-electron chi connectivity index (χ2n) is 4.79. The van der Waals surface area contributed by atoms with Gasteiger partial charge in [-0.05, 0) is 60.2 Å². The SMILES string of the molecule is Fc1ccc(Cl)c(CC(CBr)Cc2cccc(Cl)c2)c1. The van der Waals surface area contributed by atoms with Gasteiger partial charge >= 0.3 is 0 Å². The predicted molar refractivity (Wildman–Crippen MR) is 87.6 cm³/mol. The lowest BCUT2D eigenvalue weighted by Crippen LogP contribution is -2.10. The van der Waals surface area contributed by atoms with Crippen LogP contribution < -0.4 is 0 Å². The van der Waals surface area contributed by atoms with Crippen molar-refractivity contribution in [3.05, 3.63) is 69.5 Å². The Morgan fingerprint density at radius 3 is 2.55 bits per heavy atom. The van der Waals surface area contributed by atoms with Crippen molar-refractivity contribution in [3.63, 3.8) is 0 Å². The van der Waals surface area contributed by atoms with E-state index < -0.39 is 0 Å². The summed E-state index contributed by atoms with van der Waals surface area (Å²) >= 11 is 15.6. The summed E-state index contributed by atoms with van der Waals surface area (Å²) in [6, 6.07) is 12.3. The lowest BCUT2D eigenvalue weighted by atomic mass is 9.94. The molecule has 0 saturated carbocycles. The molecule has 106 valence electrons. The average molecular weight is 376 g/mol. The standard InChI is InChI=1S/C16H14BrCl2F/c17-10-12(6-11-2-1-3-14(18)8-11)7-13-9-15(20)4-5-16(13)19/h1-5,8-9,12H,6-7,10H2. The first kappa shape index (κ1) is 15.8. The summed E-state index contributed by atoms with van der Waals surface area (Å²) in [4.78, 5) is 0. The van der Waals surface area contributed by atoms with Gasteiger partial charge in [-0.2, -0.15) is 0 Å². The molecule has 1 unspecified atom stereocenters. The molecule has 0 amide bonds. The molecular weight excluding hydrogens is 362 g/mol. The number of halogens is 4. The highest BCUT2D eigenvalue weighted by Crippen LogP contribution is 2.24. The van der Waals surface area contributed by atoms with Crippen molar-refractivity contribution in [2.24, 2.45) is 5.92 Å². The Balaban J connectivity index is 2.11. The van der Waals surface area contributed by atoms with Crippen molar-refractivity contribution in [1.82, 2.24) is 0 Å². The van der Waals surface area contributed by atoms with Gasteiger partial charge in [0.15, 0.2) is 0 Å². The van der Waals surface area contributed by atoms with Gasteiger partial charge in [-0.15, -0.1) is 0 Å². The summed E-state index contributed by atoms with van der Waals surface area (Å²) < 4.78 is 13.3. The summed E-state index contributed by atoms with van der Waals surface area (Å²) in [5.41, 5.74) is 2.02. The fourth-order valence-corrected chi connectivity index (χ4v) is 3.05. The number of hydrogen-bond donors (Lipinski definition) is 0. The fourth-order valence-electron chi connectivity index (χ4n) is 2.19. The summed E-state index contributed by atoms with van der Waals surface area (Å²) in [6.45, 7) is 0. The molecule has 1 atom stereocenters. The Morgan fingerprint density at radius 1 is 1.05 bits per heavy atom. The van der Waals surface area contributed by atoms with E-state index >= 15 is 0 Å². The predicted octanol–water partition coefficient (Wildman–Crippen LogP) is 5.93. The van der Waals surface area contributed by atoms with E-state index in [2.05, 4.69) is 22.0 Å². The van der Waals surface area contributed by atoms with Crippen LogP contribution in [-0.4, -0.2) is 5.33 Å². The first-order valence-corrected chi connectivity index (χ1v) is 8.20. The first-order chi connectivity index (χ1) is 9.58. The Morgan fingerprint density at radius 2 is 1.85 bits per heavy atom. The molecule has 0 radical (unpaired) electrons. The van der Waals surface area contributed by atoms with Crippen molar-refractivity contribution in [2.75, 3.05) is 5.33 Å². The molecule has 0 fully saturated rings. The van der Waals surface area contributed by atoms with Crippen LogP contribution in [0.4, 0.5) is 4.39 Å². The normalized spacial score (nSPS) is 12.4. The van der Waals surface area contributed by atoms with Gasteiger partial charge in [0.2, 0.25) is 0 Å². The quantitative estimate of drug-likeness (QED) is 0.568. The molecule has 2 aromatic carbocycles. The van der Waals surface area contributed by atoms with Crippen LogP contribution in [0.1, 0.15) is 11.1 Å². The Hall–Kier alpha value is -0.570. The van der Waals surface area contributed by atoms with Crippen LogP contribution in [0.25, 0.3) is 0 Å². The van der Waals surface area contributed by atoms with Gasteiger partial charge in [0.25, 0.3) is 0 Å². The molecule has 4 heteroatoms. The molecule has 0 nitrogen and oxygen atoms in total.